The molecule has 0 aliphatic carbocycles. The molecular formula is C20H30N2O5. The zero-order valence-electron chi connectivity index (χ0n) is 16.6. The molecule has 0 unspecified atom stereocenters. The van der Waals surface area contributed by atoms with Crippen molar-refractivity contribution in [2.45, 2.75) is 52.7 Å². The molecule has 0 aromatic heterocycles. The number of esters is 1. The predicted octanol–water partition coefficient (Wildman–Crippen LogP) is 2.18. The molecule has 0 aliphatic rings. The molecule has 0 heterocycles. The molecule has 2 N–H and O–H groups in total. The Kier molecular flexibility index (Phi) is 8.94. The zero-order valence-corrected chi connectivity index (χ0v) is 16.6. The number of hydroxylamine groups is 1. The summed E-state index contributed by atoms with van der Waals surface area (Å²) in [5.41, 5.74) is 2.42. The summed E-state index contributed by atoms with van der Waals surface area (Å²) in [7, 11) is 1.48. The average Bonchev–Trinajstić information content (AvgIpc) is 2.62. The fourth-order valence-corrected chi connectivity index (χ4v) is 2.80. The molecule has 150 valence electrons. The van der Waals surface area contributed by atoms with Crippen molar-refractivity contribution in [3.8, 4) is 0 Å². The average molecular weight is 378 g/mol. The Morgan fingerprint density at radius 1 is 1.11 bits per heavy atom. The molecule has 0 bridgehead atoms. The number of hydrogen-bond acceptors (Lipinski definition) is 5. The number of carbonyl (C=O) groups excluding carboxylic acids is 3. The van der Waals surface area contributed by atoms with Gasteiger partial charge in [0.25, 0.3) is 5.91 Å². The van der Waals surface area contributed by atoms with E-state index in [1.165, 1.54) is 11.9 Å². The van der Waals surface area contributed by atoms with Crippen LogP contribution in [0.15, 0.2) is 30.3 Å². The fraction of sp³-hybridized carbons (Fsp3) is 0.550. The molecule has 0 radical (unpaired) electrons. The maximum absolute atomic E-state index is 12.9. The topological polar surface area (TPSA) is 95.9 Å². The highest BCUT2D eigenvalue weighted by Crippen LogP contribution is 2.18. The Balaban J connectivity index is 3.11. The number of benzene rings is 1. The largest absolute Gasteiger partial charge is 0.461 e. The van der Waals surface area contributed by atoms with Gasteiger partial charge in [-0.25, -0.2) is 10.3 Å². The first-order chi connectivity index (χ1) is 12.7. The van der Waals surface area contributed by atoms with E-state index < -0.39 is 29.7 Å². The summed E-state index contributed by atoms with van der Waals surface area (Å²) in [5, 5.41) is 8.99. The van der Waals surface area contributed by atoms with E-state index in [2.05, 4.69) is 0 Å². The van der Waals surface area contributed by atoms with E-state index in [0.717, 1.165) is 5.56 Å². The molecule has 2 amide bonds. The van der Waals surface area contributed by atoms with Crippen LogP contribution in [0.1, 0.15) is 39.7 Å². The van der Waals surface area contributed by atoms with Gasteiger partial charge in [-0.3, -0.25) is 14.8 Å². The van der Waals surface area contributed by atoms with Crippen molar-refractivity contribution in [1.82, 2.24) is 10.4 Å². The first-order valence-corrected chi connectivity index (χ1v) is 9.12. The standard InChI is InChI=1S/C20H30N2O5/c1-13(2)11-16(18(23)21-26)19(24)22(5)17(20(25)27-14(3)4)12-15-9-7-6-8-10-15/h6-10,13-14,16-17,26H,11-12H2,1-5H3,(H,21,23)/t16-,17-/m0/s1. The Labute approximate surface area is 160 Å². The molecule has 27 heavy (non-hydrogen) atoms. The van der Waals surface area contributed by atoms with E-state index >= 15 is 0 Å². The van der Waals surface area contributed by atoms with Gasteiger partial charge in [0, 0.05) is 13.5 Å². The number of likely N-dealkylation sites (N-methyl/N-ethyl adjacent to an activating group) is 1. The first-order valence-electron chi connectivity index (χ1n) is 9.12. The van der Waals surface area contributed by atoms with Crippen molar-refractivity contribution in [2.75, 3.05) is 7.05 Å². The van der Waals surface area contributed by atoms with E-state index in [-0.39, 0.29) is 24.9 Å². The summed E-state index contributed by atoms with van der Waals surface area (Å²) in [5.74, 6) is -2.87. The Hall–Kier alpha value is -2.41. The lowest BCUT2D eigenvalue weighted by molar-refractivity contribution is -0.160. The second-order valence-corrected chi connectivity index (χ2v) is 7.30. The van der Waals surface area contributed by atoms with Crippen molar-refractivity contribution in [2.24, 2.45) is 11.8 Å². The summed E-state index contributed by atoms with van der Waals surface area (Å²) in [6, 6.07) is 8.42. The predicted molar refractivity (Wildman–Crippen MR) is 101 cm³/mol. The minimum atomic E-state index is -1.08. The summed E-state index contributed by atoms with van der Waals surface area (Å²) in [6.07, 6.45) is 0.197. The van der Waals surface area contributed by atoms with E-state index in [1.807, 2.05) is 44.2 Å². The smallest absolute Gasteiger partial charge is 0.329 e. The zero-order chi connectivity index (χ0) is 20.6. The summed E-state index contributed by atoms with van der Waals surface area (Å²) < 4.78 is 5.32. The van der Waals surface area contributed by atoms with Crippen LogP contribution in [0, 0.1) is 11.8 Å². The van der Waals surface area contributed by atoms with Crippen molar-refractivity contribution in [3.05, 3.63) is 35.9 Å². The molecule has 0 spiro atoms. The highest BCUT2D eigenvalue weighted by molar-refractivity contribution is 6.01. The molecule has 0 saturated heterocycles. The van der Waals surface area contributed by atoms with Crippen molar-refractivity contribution >= 4 is 17.8 Å². The molecule has 0 fully saturated rings. The molecule has 1 aromatic rings. The van der Waals surface area contributed by atoms with Crippen LogP contribution in [-0.4, -0.2) is 47.1 Å². The van der Waals surface area contributed by atoms with Crippen molar-refractivity contribution in [3.63, 3.8) is 0 Å². The van der Waals surface area contributed by atoms with Gasteiger partial charge in [-0.2, -0.15) is 0 Å². The lowest BCUT2D eigenvalue weighted by atomic mass is 9.94. The normalized spacial score (nSPS) is 13.2. The molecule has 0 aliphatic heterocycles. The number of nitrogens with one attached hydrogen (secondary N) is 1. The third kappa shape index (κ3) is 7.02. The van der Waals surface area contributed by atoms with Crippen molar-refractivity contribution in [1.29, 1.82) is 0 Å². The summed E-state index contributed by atoms with van der Waals surface area (Å²) >= 11 is 0. The Morgan fingerprint density at radius 3 is 2.19 bits per heavy atom. The van der Waals surface area contributed by atoms with Gasteiger partial charge in [-0.1, -0.05) is 44.2 Å². The molecule has 1 rings (SSSR count). The second-order valence-electron chi connectivity index (χ2n) is 7.30. The van der Waals surface area contributed by atoms with Crippen LogP contribution in [0.4, 0.5) is 0 Å². The summed E-state index contributed by atoms with van der Waals surface area (Å²) in [6.45, 7) is 7.22. The molecule has 7 heteroatoms. The molecule has 7 nitrogen and oxygen atoms in total. The van der Waals surface area contributed by atoms with Gasteiger partial charge >= 0.3 is 5.97 Å². The van der Waals surface area contributed by atoms with Gasteiger partial charge in [0.2, 0.25) is 5.91 Å². The second kappa shape index (κ2) is 10.7. The van der Waals surface area contributed by atoms with Crippen LogP contribution in [0.25, 0.3) is 0 Å². The van der Waals surface area contributed by atoms with Crippen LogP contribution >= 0.6 is 0 Å². The number of amides is 2. The monoisotopic (exact) mass is 378 g/mol. The highest BCUT2D eigenvalue weighted by Gasteiger charge is 2.36. The number of nitrogens with zero attached hydrogens (tertiary/aromatic N) is 1. The third-order valence-corrected chi connectivity index (χ3v) is 4.14. The maximum Gasteiger partial charge on any atom is 0.329 e. The van der Waals surface area contributed by atoms with Gasteiger partial charge in [0.1, 0.15) is 12.0 Å². The van der Waals surface area contributed by atoms with E-state index in [0.29, 0.717) is 0 Å². The molecule has 0 saturated carbocycles. The maximum atomic E-state index is 12.9. The molecule has 2 atom stereocenters. The van der Waals surface area contributed by atoms with Crippen LogP contribution in [0.2, 0.25) is 0 Å². The van der Waals surface area contributed by atoms with Gasteiger partial charge in [-0.15, -0.1) is 0 Å². The fourth-order valence-electron chi connectivity index (χ4n) is 2.80. The summed E-state index contributed by atoms with van der Waals surface area (Å²) in [4.78, 5) is 38.8. The number of hydrogen-bond donors (Lipinski definition) is 2. The minimum absolute atomic E-state index is 0.0554. The molecule has 1 aromatic carbocycles. The van der Waals surface area contributed by atoms with Crippen LogP contribution < -0.4 is 5.48 Å². The van der Waals surface area contributed by atoms with E-state index in [1.54, 1.807) is 19.3 Å². The van der Waals surface area contributed by atoms with E-state index in [9.17, 15) is 14.4 Å². The van der Waals surface area contributed by atoms with Gasteiger partial charge in [0.15, 0.2) is 0 Å². The SMILES string of the molecule is CC(C)C[C@@H](C(=O)NO)C(=O)N(C)[C@@H](Cc1ccccc1)C(=O)OC(C)C. The quantitative estimate of drug-likeness (QED) is 0.297. The molecular weight excluding hydrogens is 348 g/mol. The first kappa shape index (κ1) is 22.6. The van der Waals surface area contributed by atoms with Gasteiger partial charge in [-0.05, 0) is 31.7 Å². The lowest BCUT2D eigenvalue weighted by Gasteiger charge is -2.30. The lowest BCUT2D eigenvalue weighted by Crippen LogP contribution is -2.50. The number of rotatable bonds is 9. The van der Waals surface area contributed by atoms with Crippen LogP contribution in [0.5, 0.6) is 0 Å². The van der Waals surface area contributed by atoms with Crippen LogP contribution in [0.3, 0.4) is 0 Å². The number of ether oxygens (including phenoxy) is 1. The Morgan fingerprint density at radius 2 is 1.70 bits per heavy atom. The third-order valence-electron chi connectivity index (χ3n) is 4.14. The highest BCUT2D eigenvalue weighted by atomic mass is 16.5. The van der Waals surface area contributed by atoms with Gasteiger partial charge in [0.05, 0.1) is 6.10 Å². The van der Waals surface area contributed by atoms with E-state index in [4.69, 9.17) is 9.94 Å². The Bertz CT molecular complexity index is 631. The minimum Gasteiger partial charge on any atom is -0.461 e. The van der Waals surface area contributed by atoms with Crippen LogP contribution in [-0.2, 0) is 25.5 Å². The number of carbonyl (C=O) groups is 3. The van der Waals surface area contributed by atoms with Crippen molar-refractivity contribution < 1.29 is 24.3 Å². The van der Waals surface area contributed by atoms with Gasteiger partial charge < -0.3 is 9.64 Å².